The number of nitriles is 1. The SMILES string of the molecule is Cc1cc2c(N3C(=O)C4C(O)CCN4C3=O)ccc(C#N)c2o1. The van der Waals surface area contributed by atoms with Crippen LogP contribution in [0.15, 0.2) is 22.6 Å². The molecule has 3 amide bonds. The lowest BCUT2D eigenvalue weighted by molar-refractivity contribution is -0.121. The topological polar surface area (TPSA) is 97.8 Å². The monoisotopic (exact) mass is 311 g/mol. The van der Waals surface area contributed by atoms with E-state index in [1.54, 1.807) is 19.1 Å². The average molecular weight is 311 g/mol. The number of fused-ring (bicyclic) bond motifs is 2. The molecule has 1 N–H and O–H groups in total. The molecule has 2 atom stereocenters. The van der Waals surface area contributed by atoms with Gasteiger partial charge in [0.05, 0.1) is 17.4 Å². The number of benzene rings is 1. The third kappa shape index (κ3) is 1.72. The van der Waals surface area contributed by atoms with Crippen molar-refractivity contribution in [2.24, 2.45) is 0 Å². The van der Waals surface area contributed by atoms with E-state index in [0.29, 0.717) is 40.9 Å². The van der Waals surface area contributed by atoms with E-state index in [1.807, 2.05) is 6.07 Å². The highest BCUT2D eigenvalue weighted by atomic mass is 16.3. The molecule has 4 rings (SSSR count). The Morgan fingerprint density at radius 3 is 2.87 bits per heavy atom. The number of aliphatic hydroxyl groups is 1. The van der Waals surface area contributed by atoms with Crippen LogP contribution in [0, 0.1) is 18.3 Å². The largest absolute Gasteiger partial charge is 0.460 e. The lowest BCUT2D eigenvalue weighted by Gasteiger charge is -2.16. The Kier molecular flexibility index (Phi) is 2.74. The molecular formula is C16H13N3O4. The molecule has 2 fully saturated rings. The quantitative estimate of drug-likeness (QED) is 0.805. The number of rotatable bonds is 1. The Morgan fingerprint density at radius 1 is 1.39 bits per heavy atom. The molecule has 23 heavy (non-hydrogen) atoms. The first-order valence-electron chi connectivity index (χ1n) is 7.29. The Balaban J connectivity index is 1.89. The fraction of sp³-hybridized carbons (Fsp3) is 0.312. The van der Waals surface area contributed by atoms with Gasteiger partial charge in [0.15, 0.2) is 5.58 Å². The van der Waals surface area contributed by atoms with Gasteiger partial charge in [-0.1, -0.05) is 0 Å². The van der Waals surface area contributed by atoms with Crippen LogP contribution in [-0.2, 0) is 4.79 Å². The summed E-state index contributed by atoms with van der Waals surface area (Å²) in [5.41, 5.74) is 1.08. The lowest BCUT2D eigenvalue weighted by Crippen LogP contribution is -2.36. The van der Waals surface area contributed by atoms with Crippen LogP contribution in [0.25, 0.3) is 11.0 Å². The Bertz CT molecular complexity index is 895. The van der Waals surface area contributed by atoms with E-state index in [1.165, 1.54) is 11.0 Å². The van der Waals surface area contributed by atoms with E-state index in [4.69, 9.17) is 4.42 Å². The van der Waals surface area contributed by atoms with Crippen LogP contribution in [0.5, 0.6) is 0 Å². The van der Waals surface area contributed by atoms with Crippen LogP contribution in [0.4, 0.5) is 10.5 Å². The Labute approximate surface area is 131 Å². The van der Waals surface area contributed by atoms with E-state index >= 15 is 0 Å². The van der Waals surface area contributed by atoms with Crippen molar-refractivity contribution in [1.82, 2.24) is 4.90 Å². The summed E-state index contributed by atoms with van der Waals surface area (Å²) in [5.74, 6) is 0.147. The molecule has 2 unspecified atom stereocenters. The van der Waals surface area contributed by atoms with Crippen molar-refractivity contribution in [2.45, 2.75) is 25.5 Å². The summed E-state index contributed by atoms with van der Waals surface area (Å²) >= 11 is 0. The highest BCUT2D eigenvalue weighted by Crippen LogP contribution is 2.37. The third-order valence-corrected chi connectivity index (χ3v) is 4.42. The number of anilines is 1. The number of furan rings is 1. The lowest BCUT2D eigenvalue weighted by atomic mass is 10.1. The van der Waals surface area contributed by atoms with Gasteiger partial charge in [-0.3, -0.25) is 4.79 Å². The zero-order valence-corrected chi connectivity index (χ0v) is 12.3. The van der Waals surface area contributed by atoms with Crippen LogP contribution < -0.4 is 4.90 Å². The molecule has 7 nitrogen and oxygen atoms in total. The molecule has 2 aliphatic rings. The molecule has 2 aliphatic heterocycles. The number of carbonyl (C=O) groups excluding carboxylic acids is 2. The highest BCUT2D eigenvalue weighted by molar-refractivity contribution is 6.24. The number of urea groups is 1. The first-order valence-corrected chi connectivity index (χ1v) is 7.29. The number of aliphatic hydroxyl groups excluding tert-OH is 1. The fourth-order valence-electron chi connectivity index (χ4n) is 3.38. The summed E-state index contributed by atoms with van der Waals surface area (Å²) in [5, 5.41) is 19.7. The number of hydrogen-bond donors (Lipinski definition) is 1. The van der Waals surface area contributed by atoms with Crippen molar-refractivity contribution in [1.29, 1.82) is 5.26 Å². The minimum Gasteiger partial charge on any atom is -0.460 e. The Hall–Kier alpha value is -2.85. The van der Waals surface area contributed by atoms with Crippen molar-refractivity contribution in [2.75, 3.05) is 11.4 Å². The predicted molar refractivity (Wildman–Crippen MR) is 79.7 cm³/mol. The molecule has 7 heteroatoms. The summed E-state index contributed by atoms with van der Waals surface area (Å²) in [7, 11) is 0. The van der Waals surface area contributed by atoms with Crippen LogP contribution in [0.2, 0.25) is 0 Å². The number of aryl methyl sites for hydroxylation is 1. The van der Waals surface area contributed by atoms with E-state index in [0.717, 1.165) is 4.90 Å². The molecular weight excluding hydrogens is 298 g/mol. The zero-order valence-electron chi connectivity index (χ0n) is 12.3. The molecule has 0 radical (unpaired) electrons. The van der Waals surface area contributed by atoms with Crippen molar-refractivity contribution < 1.29 is 19.1 Å². The second kappa shape index (κ2) is 4.57. The molecule has 1 aromatic heterocycles. The maximum Gasteiger partial charge on any atom is 0.332 e. The molecule has 2 saturated heterocycles. The molecule has 0 aliphatic carbocycles. The molecule has 1 aromatic carbocycles. The fourth-order valence-corrected chi connectivity index (χ4v) is 3.38. The maximum absolute atomic E-state index is 12.6. The summed E-state index contributed by atoms with van der Waals surface area (Å²) in [6.45, 7) is 2.09. The van der Waals surface area contributed by atoms with Crippen molar-refractivity contribution in [3.8, 4) is 6.07 Å². The highest BCUT2D eigenvalue weighted by Gasteiger charge is 2.52. The number of hydrogen-bond acceptors (Lipinski definition) is 5. The molecule has 116 valence electrons. The minimum absolute atomic E-state index is 0.344. The van der Waals surface area contributed by atoms with Crippen molar-refractivity contribution in [3.63, 3.8) is 0 Å². The first-order chi connectivity index (χ1) is 11.0. The number of amides is 3. The third-order valence-electron chi connectivity index (χ3n) is 4.42. The van der Waals surface area contributed by atoms with Gasteiger partial charge in [-0.2, -0.15) is 5.26 Å². The molecule has 0 spiro atoms. The molecule has 0 saturated carbocycles. The number of nitrogens with zero attached hydrogens (tertiary/aromatic N) is 3. The summed E-state index contributed by atoms with van der Waals surface area (Å²) in [6, 6.07) is 5.58. The van der Waals surface area contributed by atoms with E-state index in [-0.39, 0.29) is 0 Å². The van der Waals surface area contributed by atoms with Gasteiger partial charge in [0.2, 0.25) is 0 Å². The van der Waals surface area contributed by atoms with Gasteiger partial charge in [0.25, 0.3) is 5.91 Å². The van der Waals surface area contributed by atoms with Crippen molar-refractivity contribution >= 4 is 28.6 Å². The normalized spacial score (nSPS) is 23.7. The van der Waals surface area contributed by atoms with Gasteiger partial charge < -0.3 is 14.4 Å². The summed E-state index contributed by atoms with van der Waals surface area (Å²) < 4.78 is 5.54. The van der Waals surface area contributed by atoms with Gasteiger partial charge in [-0.15, -0.1) is 0 Å². The second-order valence-corrected chi connectivity index (χ2v) is 5.79. The maximum atomic E-state index is 12.6. The molecule has 3 heterocycles. The molecule has 2 aromatic rings. The number of carbonyl (C=O) groups is 2. The van der Waals surface area contributed by atoms with Gasteiger partial charge >= 0.3 is 6.03 Å². The first kappa shape index (κ1) is 13.8. The summed E-state index contributed by atoms with van der Waals surface area (Å²) in [6.07, 6.45) is -0.430. The van der Waals surface area contributed by atoms with E-state index < -0.39 is 24.1 Å². The van der Waals surface area contributed by atoms with Gasteiger partial charge in [-0.05, 0) is 31.5 Å². The van der Waals surface area contributed by atoms with Crippen LogP contribution in [0.3, 0.4) is 0 Å². The van der Waals surface area contributed by atoms with Crippen LogP contribution in [0.1, 0.15) is 17.7 Å². The van der Waals surface area contributed by atoms with Crippen LogP contribution in [-0.4, -0.2) is 40.6 Å². The minimum atomic E-state index is -0.837. The van der Waals surface area contributed by atoms with Crippen LogP contribution >= 0.6 is 0 Å². The smallest absolute Gasteiger partial charge is 0.332 e. The predicted octanol–water partition coefficient (Wildman–Crippen LogP) is 1.51. The number of imide groups is 1. The summed E-state index contributed by atoms with van der Waals surface area (Å²) in [4.78, 5) is 27.7. The van der Waals surface area contributed by atoms with Gasteiger partial charge in [0.1, 0.15) is 17.9 Å². The zero-order chi connectivity index (χ0) is 16.3. The Morgan fingerprint density at radius 2 is 2.17 bits per heavy atom. The molecule has 0 bridgehead atoms. The van der Waals surface area contributed by atoms with Crippen molar-refractivity contribution in [3.05, 3.63) is 29.5 Å². The average Bonchev–Trinajstić information content (AvgIpc) is 3.15. The van der Waals surface area contributed by atoms with E-state index in [9.17, 15) is 20.0 Å². The van der Waals surface area contributed by atoms with E-state index in [2.05, 4.69) is 0 Å². The van der Waals surface area contributed by atoms with Gasteiger partial charge in [-0.25, -0.2) is 9.69 Å². The standard InChI is InChI=1S/C16H13N3O4/c1-8-6-10-11(3-2-9(7-17)14(10)23-8)19-15(21)13-12(20)4-5-18(13)16(19)22/h2-3,6,12-13,20H,4-5H2,1H3. The second-order valence-electron chi connectivity index (χ2n) is 5.79. The van der Waals surface area contributed by atoms with Gasteiger partial charge in [0, 0.05) is 11.9 Å².